The van der Waals surface area contributed by atoms with Crippen molar-refractivity contribution in [1.29, 1.82) is 0 Å². The summed E-state index contributed by atoms with van der Waals surface area (Å²) in [7, 11) is 1.87. The van der Waals surface area contributed by atoms with Crippen LogP contribution >= 0.6 is 11.3 Å². The van der Waals surface area contributed by atoms with Gasteiger partial charge in [0.1, 0.15) is 10.6 Å². The first kappa shape index (κ1) is 14.6. The summed E-state index contributed by atoms with van der Waals surface area (Å²) in [6.45, 7) is 7.84. The number of hydrogen-bond donors (Lipinski definition) is 2. The zero-order valence-corrected chi connectivity index (χ0v) is 14.1. The minimum Gasteiger partial charge on any atom is -0.369 e. The summed E-state index contributed by atoms with van der Waals surface area (Å²) in [6.07, 6.45) is 3.70. The molecule has 0 aliphatic heterocycles. The third kappa shape index (κ3) is 2.71. The summed E-state index contributed by atoms with van der Waals surface area (Å²) < 4.78 is 0. The zero-order chi connectivity index (χ0) is 15.0. The van der Waals surface area contributed by atoms with E-state index in [-0.39, 0.29) is 0 Å². The molecule has 0 bridgehead atoms. The van der Waals surface area contributed by atoms with Crippen LogP contribution in [0.4, 0.5) is 11.8 Å². The Bertz CT molecular complexity index is 643. The fourth-order valence-electron chi connectivity index (χ4n) is 2.77. The highest BCUT2D eigenvalue weighted by Crippen LogP contribution is 2.51. The molecule has 2 N–H and O–H groups in total. The van der Waals surface area contributed by atoms with Gasteiger partial charge in [0, 0.05) is 18.5 Å². The summed E-state index contributed by atoms with van der Waals surface area (Å²) in [5.41, 5.74) is 0.473. The molecule has 0 saturated heterocycles. The maximum Gasteiger partial charge on any atom is 0.225 e. The Morgan fingerprint density at radius 3 is 2.67 bits per heavy atom. The number of fused-ring (bicyclic) bond motifs is 1. The summed E-state index contributed by atoms with van der Waals surface area (Å²) in [5.74, 6) is 2.40. The molecule has 1 aliphatic rings. The van der Waals surface area contributed by atoms with Crippen molar-refractivity contribution in [1.82, 2.24) is 9.97 Å². The number of rotatable bonds is 6. The molecule has 0 atom stereocenters. The monoisotopic (exact) mass is 304 g/mol. The maximum absolute atomic E-state index is 4.63. The summed E-state index contributed by atoms with van der Waals surface area (Å²) in [6, 6.07) is 2.23. The van der Waals surface area contributed by atoms with Crippen molar-refractivity contribution in [2.24, 2.45) is 11.3 Å². The van der Waals surface area contributed by atoms with Gasteiger partial charge in [-0.15, -0.1) is 11.3 Å². The topological polar surface area (TPSA) is 49.8 Å². The van der Waals surface area contributed by atoms with Crippen molar-refractivity contribution in [3.63, 3.8) is 0 Å². The molecule has 0 radical (unpaired) electrons. The first-order valence-electron chi connectivity index (χ1n) is 7.80. The number of thiophene rings is 1. The van der Waals surface area contributed by atoms with Crippen molar-refractivity contribution in [2.75, 3.05) is 24.2 Å². The SMILES string of the molecule is CCc1cc2c(NCC3(C(C)C)CC3)nc(NC)nc2s1. The lowest BCUT2D eigenvalue weighted by Crippen LogP contribution is -2.21. The predicted molar refractivity (Wildman–Crippen MR) is 91.3 cm³/mol. The van der Waals surface area contributed by atoms with Crippen LogP contribution in [0.1, 0.15) is 38.5 Å². The Balaban J connectivity index is 1.90. The van der Waals surface area contributed by atoms with E-state index in [1.54, 1.807) is 11.3 Å². The van der Waals surface area contributed by atoms with Gasteiger partial charge in [-0.25, -0.2) is 4.98 Å². The Hall–Kier alpha value is -1.36. The van der Waals surface area contributed by atoms with Gasteiger partial charge in [0.05, 0.1) is 5.39 Å². The Labute approximate surface area is 130 Å². The third-order valence-corrected chi connectivity index (χ3v) is 5.91. The number of aromatic nitrogens is 2. The predicted octanol–water partition coefficient (Wildman–Crippen LogP) is 4.14. The molecule has 0 spiro atoms. The average molecular weight is 304 g/mol. The van der Waals surface area contributed by atoms with Gasteiger partial charge < -0.3 is 10.6 Å². The molecule has 1 fully saturated rings. The highest BCUT2D eigenvalue weighted by atomic mass is 32.1. The standard InChI is InChI=1S/C16H24N4S/c1-5-11-8-12-13(18-9-16(6-7-16)10(2)3)19-15(17-4)20-14(12)21-11/h8,10H,5-7,9H2,1-4H3,(H2,17,18,19,20). The van der Waals surface area contributed by atoms with E-state index in [4.69, 9.17) is 0 Å². The molecular weight excluding hydrogens is 280 g/mol. The molecule has 2 aromatic heterocycles. The van der Waals surface area contributed by atoms with E-state index >= 15 is 0 Å². The van der Waals surface area contributed by atoms with Crippen molar-refractivity contribution < 1.29 is 0 Å². The molecule has 0 aromatic carbocycles. The highest BCUT2D eigenvalue weighted by Gasteiger charge is 2.45. The van der Waals surface area contributed by atoms with Crippen LogP contribution in [0.2, 0.25) is 0 Å². The fraction of sp³-hybridized carbons (Fsp3) is 0.625. The van der Waals surface area contributed by atoms with E-state index < -0.39 is 0 Å². The molecule has 0 unspecified atom stereocenters. The second-order valence-corrected chi connectivity index (χ2v) is 7.42. The van der Waals surface area contributed by atoms with E-state index in [1.165, 1.54) is 17.7 Å². The lowest BCUT2D eigenvalue weighted by molar-refractivity contribution is 0.380. The highest BCUT2D eigenvalue weighted by molar-refractivity contribution is 7.18. The number of anilines is 2. The molecule has 21 heavy (non-hydrogen) atoms. The van der Waals surface area contributed by atoms with Gasteiger partial charge in [0.25, 0.3) is 0 Å². The summed E-state index contributed by atoms with van der Waals surface area (Å²) in [4.78, 5) is 11.6. The van der Waals surface area contributed by atoms with Crippen molar-refractivity contribution in [3.05, 3.63) is 10.9 Å². The van der Waals surface area contributed by atoms with Crippen molar-refractivity contribution in [3.8, 4) is 0 Å². The molecule has 4 nitrogen and oxygen atoms in total. The second kappa shape index (κ2) is 5.44. The molecule has 2 heterocycles. The average Bonchev–Trinajstić information content (AvgIpc) is 3.16. The first-order valence-corrected chi connectivity index (χ1v) is 8.61. The van der Waals surface area contributed by atoms with Crippen LogP contribution in [0, 0.1) is 11.3 Å². The van der Waals surface area contributed by atoms with Crippen LogP contribution in [0.3, 0.4) is 0 Å². The van der Waals surface area contributed by atoms with E-state index in [0.29, 0.717) is 11.4 Å². The molecular formula is C16H24N4S. The van der Waals surface area contributed by atoms with Gasteiger partial charge in [-0.3, -0.25) is 0 Å². The number of nitrogens with zero attached hydrogens (tertiary/aromatic N) is 2. The van der Waals surface area contributed by atoms with Crippen LogP contribution in [0.15, 0.2) is 6.07 Å². The van der Waals surface area contributed by atoms with Crippen LogP contribution in [-0.4, -0.2) is 23.6 Å². The van der Waals surface area contributed by atoms with E-state index in [2.05, 4.69) is 47.4 Å². The van der Waals surface area contributed by atoms with Crippen molar-refractivity contribution >= 4 is 33.3 Å². The number of hydrogen-bond acceptors (Lipinski definition) is 5. The van der Waals surface area contributed by atoms with Gasteiger partial charge in [-0.05, 0) is 36.7 Å². The molecule has 1 saturated carbocycles. The Morgan fingerprint density at radius 1 is 1.33 bits per heavy atom. The van der Waals surface area contributed by atoms with Crippen LogP contribution in [0.5, 0.6) is 0 Å². The quantitative estimate of drug-likeness (QED) is 0.842. The normalized spacial score (nSPS) is 16.4. The van der Waals surface area contributed by atoms with E-state index in [1.807, 2.05) is 7.05 Å². The van der Waals surface area contributed by atoms with Gasteiger partial charge in [0.2, 0.25) is 5.95 Å². The van der Waals surface area contributed by atoms with E-state index in [9.17, 15) is 0 Å². The minimum atomic E-state index is 0.473. The molecule has 3 rings (SSSR count). The Kier molecular flexibility index (Phi) is 3.78. The molecule has 1 aliphatic carbocycles. The lowest BCUT2D eigenvalue weighted by Gasteiger charge is -2.20. The number of aryl methyl sites for hydroxylation is 1. The molecule has 114 valence electrons. The lowest BCUT2D eigenvalue weighted by atomic mass is 9.92. The Morgan fingerprint density at radius 2 is 2.10 bits per heavy atom. The molecule has 5 heteroatoms. The maximum atomic E-state index is 4.63. The van der Waals surface area contributed by atoms with Gasteiger partial charge in [-0.2, -0.15) is 4.98 Å². The van der Waals surface area contributed by atoms with Crippen LogP contribution in [0.25, 0.3) is 10.2 Å². The zero-order valence-electron chi connectivity index (χ0n) is 13.3. The molecule has 2 aromatic rings. The van der Waals surface area contributed by atoms with E-state index in [0.717, 1.165) is 34.9 Å². The largest absolute Gasteiger partial charge is 0.369 e. The summed E-state index contributed by atoms with van der Waals surface area (Å²) >= 11 is 1.77. The number of nitrogens with one attached hydrogen (secondary N) is 2. The van der Waals surface area contributed by atoms with Crippen LogP contribution < -0.4 is 10.6 Å². The minimum absolute atomic E-state index is 0.473. The van der Waals surface area contributed by atoms with Crippen molar-refractivity contribution in [2.45, 2.75) is 40.0 Å². The van der Waals surface area contributed by atoms with Gasteiger partial charge >= 0.3 is 0 Å². The fourth-order valence-corrected chi connectivity index (χ4v) is 3.74. The third-order valence-electron chi connectivity index (χ3n) is 4.74. The molecule has 0 amide bonds. The van der Waals surface area contributed by atoms with Gasteiger partial charge in [0.15, 0.2) is 0 Å². The second-order valence-electron chi connectivity index (χ2n) is 6.30. The summed E-state index contributed by atoms with van der Waals surface area (Å²) in [5, 5.41) is 7.83. The van der Waals surface area contributed by atoms with Crippen LogP contribution in [-0.2, 0) is 6.42 Å². The van der Waals surface area contributed by atoms with Gasteiger partial charge in [-0.1, -0.05) is 20.8 Å². The first-order chi connectivity index (χ1) is 10.1. The smallest absolute Gasteiger partial charge is 0.225 e.